The van der Waals surface area contributed by atoms with Crippen molar-refractivity contribution in [1.82, 2.24) is 4.98 Å². The molecule has 1 rings (SSSR count). The first-order valence-electron chi connectivity index (χ1n) is 4.68. The van der Waals surface area contributed by atoms with Crippen molar-refractivity contribution in [2.24, 2.45) is 0 Å². The molecule has 13 heavy (non-hydrogen) atoms. The first-order chi connectivity index (χ1) is 7.28. The minimum Gasteiger partial charge on any atom is -0.481 e. The lowest BCUT2D eigenvalue weighted by Crippen LogP contribution is -2.06. The summed E-state index contributed by atoms with van der Waals surface area (Å²) in [6, 6.07) is 2.30. The van der Waals surface area contributed by atoms with Gasteiger partial charge in [-0.3, -0.25) is 0 Å². The van der Waals surface area contributed by atoms with E-state index in [0.29, 0.717) is 0 Å². The molecular weight excluding hydrogens is 182 g/mol. The van der Waals surface area contributed by atoms with Crippen LogP contribution in [0.4, 0.5) is 14.5 Å². The molecule has 0 fully saturated rings. The molecule has 2 N–H and O–H groups in total. The molecule has 0 radical (unpaired) electrons. The summed E-state index contributed by atoms with van der Waals surface area (Å²) in [5.41, 5.74) is 5.14. The van der Waals surface area contributed by atoms with Crippen molar-refractivity contribution < 1.29 is 22.4 Å². The fourth-order valence-electron chi connectivity index (χ4n) is 0.670. The number of nitrogens with zero attached hydrogens (tertiary/aromatic N) is 1. The van der Waals surface area contributed by atoms with E-state index in [9.17, 15) is 8.78 Å². The lowest BCUT2D eigenvalue weighted by Gasteiger charge is -2.07. The maximum atomic E-state index is 11.9. The molecule has 0 unspecified atom stereocenters. The number of hydrogen-bond donors (Lipinski definition) is 1. The van der Waals surface area contributed by atoms with Crippen molar-refractivity contribution >= 4 is 5.69 Å². The highest BCUT2D eigenvalue weighted by Gasteiger charge is 2.10. The molecule has 4 nitrogen and oxygen atoms in total. The summed E-state index contributed by atoms with van der Waals surface area (Å²) in [6.45, 7) is -3.10. The lowest BCUT2D eigenvalue weighted by molar-refractivity contribution is -0.0525. The second-order valence-electron chi connectivity index (χ2n) is 2.02. The van der Waals surface area contributed by atoms with E-state index in [1.54, 1.807) is 0 Å². The standard InChI is InChI=1S/C7H8F2N2O2/c1-12-5-3-2-4(10)6(11-5)13-7(8)9/h2-3,7H,10H2,1H3/i1D3. The van der Waals surface area contributed by atoms with Crippen molar-refractivity contribution in [2.75, 3.05) is 12.8 Å². The summed E-state index contributed by atoms with van der Waals surface area (Å²) in [5.74, 6) is -0.943. The van der Waals surface area contributed by atoms with Crippen molar-refractivity contribution in [3.8, 4) is 11.8 Å². The maximum Gasteiger partial charge on any atom is 0.388 e. The highest BCUT2D eigenvalue weighted by atomic mass is 19.3. The number of pyridine rings is 1. The molecule has 0 aromatic carbocycles. The average molecular weight is 193 g/mol. The van der Waals surface area contributed by atoms with Gasteiger partial charge in [-0.15, -0.1) is 0 Å². The van der Waals surface area contributed by atoms with E-state index < -0.39 is 19.5 Å². The first-order valence-corrected chi connectivity index (χ1v) is 3.18. The summed E-state index contributed by atoms with van der Waals surface area (Å²) >= 11 is 0. The monoisotopic (exact) mass is 193 g/mol. The Bertz CT molecular complexity index is 373. The van der Waals surface area contributed by atoms with E-state index in [0.717, 1.165) is 12.1 Å². The molecule has 0 saturated carbocycles. The summed E-state index contributed by atoms with van der Waals surface area (Å²) < 4.78 is 52.5. The molecule has 0 spiro atoms. The number of hydrogen-bond acceptors (Lipinski definition) is 4. The Morgan fingerprint density at radius 3 is 3.00 bits per heavy atom. The number of ether oxygens (including phenoxy) is 2. The van der Waals surface area contributed by atoms with Gasteiger partial charge < -0.3 is 15.2 Å². The molecule has 0 bridgehead atoms. The maximum absolute atomic E-state index is 11.9. The number of rotatable bonds is 3. The molecule has 6 heteroatoms. The lowest BCUT2D eigenvalue weighted by atomic mass is 10.4. The second kappa shape index (κ2) is 3.88. The third-order valence-electron chi connectivity index (χ3n) is 1.17. The number of nitrogen functional groups attached to an aromatic ring is 1. The predicted octanol–water partition coefficient (Wildman–Crippen LogP) is 1.27. The molecule has 0 aliphatic carbocycles. The minimum absolute atomic E-state index is 0.141. The fraction of sp³-hybridized carbons (Fsp3) is 0.286. The molecule has 0 saturated heterocycles. The Balaban J connectivity index is 2.89. The van der Waals surface area contributed by atoms with Crippen molar-refractivity contribution in [2.45, 2.75) is 6.61 Å². The van der Waals surface area contributed by atoms with E-state index in [1.165, 1.54) is 0 Å². The number of anilines is 1. The average Bonchev–Trinajstić information content (AvgIpc) is 2.07. The van der Waals surface area contributed by atoms with Gasteiger partial charge in [-0.2, -0.15) is 13.8 Å². The summed E-state index contributed by atoms with van der Waals surface area (Å²) in [4.78, 5) is 3.39. The van der Waals surface area contributed by atoms with Gasteiger partial charge in [0.05, 0.1) is 16.8 Å². The molecular formula is C7H8F2N2O2. The molecule has 1 heterocycles. The predicted molar refractivity (Wildman–Crippen MR) is 41.8 cm³/mol. The smallest absolute Gasteiger partial charge is 0.388 e. The zero-order chi connectivity index (χ0) is 12.3. The number of methoxy groups -OCH3 is 1. The normalized spacial score (nSPS) is 14.5. The van der Waals surface area contributed by atoms with Crippen LogP contribution in [-0.2, 0) is 0 Å². The van der Waals surface area contributed by atoms with Gasteiger partial charge in [0, 0.05) is 6.07 Å². The van der Waals surface area contributed by atoms with Crippen LogP contribution in [0.3, 0.4) is 0 Å². The van der Waals surface area contributed by atoms with Gasteiger partial charge in [0.2, 0.25) is 11.8 Å². The zero-order valence-corrected chi connectivity index (χ0v) is 6.33. The van der Waals surface area contributed by atoms with Crippen LogP contribution in [-0.4, -0.2) is 18.6 Å². The third kappa shape index (κ3) is 2.43. The zero-order valence-electron chi connectivity index (χ0n) is 9.33. The summed E-state index contributed by atoms with van der Waals surface area (Å²) in [6.07, 6.45) is 0. The molecule has 0 aliphatic heterocycles. The molecule has 0 atom stereocenters. The Labute approximate surface area is 77.5 Å². The van der Waals surface area contributed by atoms with Crippen LogP contribution < -0.4 is 15.2 Å². The number of aromatic nitrogens is 1. The van der Waals surface area contributed by atoms with Crippen molar-refractivity contribution in [3.05, 3.63) is 12.1 Å². The van der Waals surface area contributed by atoms with Gasteiger partial charge in [-0.1, -0.05) is 0 Å². The van der Waals surface area contributed by atoms with Crippen LogP contribution in [0.25, 0.3) is 0 Å². The highest BCUT2D eigenvalue weighted by molar-refractivity contribution is 5.49. The SMILES string of the molecule is [2H]C([2H])([2H])Oc1ccc(N)c(OC(F)F)n1. The quantitative estimate of drug-likeness (QED) is 0.785. The number of nitrogens with two attached hydrogens (primary N) is 1. The van der Waals surface area contributed by atoms with Crippen LogP contribution >= 0.6 is 0 Å². The number of halogens is 2. The van der Waals surface area contributed by atoms with Gasteiger partial charge in [-0.05, 0) is 6.07 Å². The van der Waals surface area contributed by atoms with E-state index in [2.05, 4.69) is 14.5 Å². The molecule has 0 amide bonds. The van der Waals surface area contributed by atoms with Crippen molar-refractivity contribution in [3.63, 3.8) is 0 Å². The van der Waals surface area contributed by atoms with E-state index >= 15 is 0 Å². The fourth-order valence-corrected chi connectivity index (χ4v) is 0.670. The Morgan fingerprint density at radius 1 is 1.62 bits per heavy atom. The molecule has 1 aromatic rings. The van der Waals surface area contributed by atoms with Gasteiger partial charge >= 0.3 is 6.61 Å². The Hall–Kier alpha value is -1.59. The molecule has 72 valence electrons. The minimum atomic E-state index is -3.10. The Morgan fingerprint density at radius 2 is 2.38 bits per heavy atom. The Kier molecular flexibility index (Phi) is 1.78. The number of alkyl halides is 2. The second-order valence-corrected chi connectivity index (χ2v) is 2.02. The largest absolute Gasteiger partial charge is 0.481 e. The van der Waals surface area contributed by atoms with E-state index in [-0.39, 0.29) is 11.6 Å². The van der Waals surface area contributed by atoms with Crippen LogP contribution in [0.2, 0.25) is 0 Å². The highest BCUT2D eigenvalue weighted by Crippen LogP contribution is 2.23. The summed E-state index contributed by atoms with van der Waals surface area (Å²) in [5, 5.41) is 0. The topological polar surface area (TPSA) is 57.4 Å². The van der Waals surface area contributed by atoms with Gasteiger partial charge in [0.25, 0.3) is 0 Å². The third-order valence-corrected chi connectivity index (χ3v) is 1.17. The van der Waals surface area contributed by atoms with Gasteiger partial charge in [-0.25, -0.2) is 0 Å². The van der Waals surface area contributed by atoms with Gasteiger partial charge in [0.1, 0.15) is 0 Å². The molecule has 0 aliphatic rings. The van der Waals surface area contributed by atoms with Crippen LogP contribution in [0.15, 0.2) is 12.1 Å². The van der Waals surface area contributed by atoms with Crippen molar-refractivity contribution in [1.29, 1.82) is 0 Å². The summed E-state index contributed by atoms with van der Waals surface area (Å²) in [7, 11) is -2.72. The van der Waals surface area contributed by atoms with Gasteiger partial charge in [0.15, 0.2) is 0 Å². The molecule has 1 aromatic heterocycles. The van der Waals surface area contributed by atoms with Crippen LogP contribution in [0.1, 0.15) is 4.11 Å². The first kappa shape index (κ1) is 5.95. The van der Waals surface area contributed by atoms with Crippen LogP contribution in [0, 0.1) is 0 Å². The van der Waals surface area contributed by atoms with E-state index in [1.807, 2.05) is 0 Å². The van der Waals surface area contributed by atoms with Crippen LogP contribution in [0.5, 0.6) is 11.8 Å². The van der Waals surface area contributed by atoms with E-state index in [4.69, 9.17) is 9.85 Å².